The molecule has 0 amide bonds. The quantitative estimate of drug-likeness (QED) is 0.723. The molecule has 2 heterocycles. The summed E-state index contributed by atoms with van der Waals surface area (Å²) in [6.45, 7) is 2.24. The molecule has 0 saturated carbocycles. The van der Waals surface area contributed by atoms with E-state index in [1.54, 1.807) is 0 Å². The molecule has 2 aliphatic carbocycles. The van der Waals surface area contributed by atoms with Gasteiger partial charge < -0.3 is 10.3 Å². The number of aromatic amines is 1. The van der Waals surface area contributed by atoms with Crippen LogP contribution in [0.4, 0.5) is 0 Å². The van der Waals surface area contributed by atoms with Gasteiger partial charge in [-0.2, -0.15) is 0 Å². The Kier molecular flexibility index (Phi) is 3.37. The molecule has 0 bridgehead atoms. The molecule has 0 unspecified atom stereocenters. The van der Waals surface area contributed by atoms with Crippen molar-refractivity contribution < 1.29 is 0 Å². The summed E-state index contributed by atoms with van der Waals surface area (Å²) in [6, 6.07) is 6.71. The van der Waals surface area contributed by atoms with Crippen LogP contribution >= 0.6 is 0 Å². The summed E-state index contributed by atoms with van der Waals surface area (Å²) in [5.74, 6) is 0.665. The van der Waals surface area contributed by atoms with Gasteiger partial charge in [-0.1, -0.05) is 18.2 Å². The average molecular weight is 320 g/mol. The molecule has 2 aromatic rings. The van der Waals surface area contributed by atoms with E-state index in [-0.39, 0.29) is 5.56 Å². The zero-order valence-electron chi connectivity index (χ0n) is 14.1. The van der Waals surface area contributed by atoms with Gasteiger partial charge in [-0.3, -0.25) is 4.79 Å². The van der Waals surface area contributed by atoms with E-state index >= 15 is 0 Å². The number of piperidine rings is 1. The fraction of sp³-hybridized carbons (Fsp3) is 0.476. The highest BCUT2D eigenvalue weighted by Crippen LogP contribution is 2.43. The summed E-state index contributed by atoms with van der Waals surface area (Å²) in [5.41, 5.74) is 9.41. The predicted octanol–water partition coefficient (Wildman–Crippen LogP) is 3.29. The molecule has 124 valence electrons. The van der Waals surface area contributed by atoms with Crippen LogP contribution in [0.15, 0.2) is 23.0 Å². The lowest BCUT2D eigenvalue weighted by Crippen LogP contribution is -2.27. The van der Waals surface area contributed by atoms with Crippen molar-refractivity contribution in [1.82, 2.24) is 10.3 Å². The van der Waals surface area contributed by atoms with Crippen molar-refractivity contribution >= 4 is 0 Å². The first-order chi connectivity index (χ1) is 11.8. The fourth-order valence-corrected chi connectivity index (χ4v) is 5.06. The third-order valence-electron chi connectivity index (χ3n) is 6.26. The molecular formula is C21H24N2O. The van der Waals surface area contributed by atoms with E-state index < -0.39 is 0 Å². The van der Waals surface area contributed by atoms with Crippen molar-refractivity contribution in [3.05, 3.63) is 56.4 Å². The number of H-pyrrole nitrogens is 1. The second-order valence-corrected chi connectivity index (χ2v) is 7.55. The highest BCUT2D eigenvalue weighted by molar-refractivity contribution is 5.77. The van der Waals surface area contributed by atoms with Crippen molar-refractivity contribution in [2.45, 2.75) is 50.9 Å². The second-order valence-electron chi connectivity index (χ2n) is 7.55. The van der Waals surface area contributed by atoms with Gasteiger partial charge in [0.25, 0.3) is 5.56 Å². The van der Waals surface area contributed by atoms with Gasteiger partial charge in [-0.05, 0) is 79.8 Å². The van der Waals surface area contributed by atoms with E-state index in [0.29, 0.717) is 5.92 Å². The maximum Gasteiger partial charge on any atom is 0.251 e. The first-order valence-corrected chi connectivity index (χ1v) is 9.42. The molecule has 1 aromatic heterocycles. The van der Waals surface area contributed by atoms with Gasteiger partial charge >= 0.3 is 0 Å². The van der Waals surface area contributed by atoms with E-state index in [4.69, 9.17) is 0 Å². The van der Waals surface area contributed by atoms with Crippen LogP contribution in [0.2, 0.25) is 0 Å². The Morgan fingerprint density at radius 3 is 2.54 bits per heavy atom. The molecule has 2 N–H and O–H groups in total. The minimum atomic E-state index is 0.156. The van der Waals surface area contributed by atoms with E-state index in [9.17, 15) is 4.79 Å². The number of aromatic nitrogens is 1. The Hall–Kier alpha value is -1.87. The molecule has 0 atom stereocenters. The zero-order valence-corrected chi connectivity index (χ0v) is 14.1. The van der Waals surface area contributed by atoms with Crippen LogP contribution in [0.1, 0.15) is 59.4 Å². The third kappa shape index (κ3) is 2.11. The Balaban J connectivity index is 1.65. The van der Waals surface area contributed by atoms with E-state index in [1.807, 2.05) is 0 Å². The number of hydrogen-bond donors (Lipinski definition) is 2. The summed E-state index contributed by atoms with van der Waals surface area (Å²) in [7, 11) is 0. The largest absolute Gasteiger partial charge is 0.321 e. The predicted molar refractivity (Wildman–Crippen MR) is 96.8 cm³/mol. The van der Waals surface area contributed by atoms with Crippen molar-refractivity contribution in [2.75, 3.05) is 13.1 Å². The minimum Gasteiger partial charge on any atom is -0.321 e. The highest BCUT2D eigenvalue weighted by atomic mass is 16.1. The summed E-state index contributed by atoms with van der Waals surface area (Å²) < 4.78 is 0. The van der Waals surface area contributed by atoms with Gasteiger partial charge in [0.2, 0.25) is 0 Å². The SMILES string of the molecule is O=c1[nH]c2c(c3c1CCCC3)Cc1c-2cccc1C1CCNCC1. The Morgan fingerprint density at radius 2 is 1.71 bits per heavy atom. The van der Waals surface area contributed by atoms with Gasteiger partial charge in [-0.15, -0.1) is 0 Å². The summed E-state index contributed by atoms with van der Waals surface area (Å²) in [6.07, 6.45) is 7.88. The molecule has 1 aromatic carbocycles. The lowest BCUT2D eigenvalue weighted by molar-refractivity contribution is 0.459. The zero-order chi connectivity index (χ0) is 16.1. The van der Waals surface area contributed by atoms with Crippen LogP contribution in [0.25, 0.3) is 11.3 Å². The monoisotopic (exact) mass is 320 g/mol. The Bertz CT molecular complexity index is 859. The topological polar surface area (TPSA) is 44.9 Å². The molecule has 1 saturated heterocycles. The van der Waals surface area contributed by atoms with Crippen LogP contribution < -0.4 is 10.9 Å². The molecular weight excluding hydrogens is 296 g/mol. The molecule has 1 fully saturated rings. The van der Waals surface area contributed by atoms with Crippen LogP contribution in [0.5, 0.6) is 0 Å². The van der Waals surface area contributed by atoms with Crippen molar-refractivity contribution in [3.63, 3.8) is 0 Å². The van der Waals surface area contributed by atoms with Gasteiger partial charge in [0.15, 0.2) is 0 Å². The number of nitrogens with one attached hydrogen (secondary N) is 2. The van der Waals surface area contributed by atoms with Crippen molar-refractivity contribution in [3.8, 4) is 11.3 Å². The first kappa shape index (κ1) is 14.5. The van der Waals surface area contributed by atoms with Gasteiger partial charge in [0.1, 0.15) is 0 Å². The maximum absolute atomic E-state index is 12.6. The van der Waals surface area contributed by atoms with Gasteiger partial charge in [-0.25, -0.2) is 0 Å². The molecule has 0 radical (unpaired) electrons. The summed E-state index contributed by atoms with van der Waals surface area (Å²) >= 11 is 0. The second kappa shape index (κ2) is 5.59. The number of hydrogen-bond acceptors (Lipinski definition) is 2. The average Bonchev–Trinajstić information content (AvgIpc) is 3.02. The van der Waals surface area contributed by atoms with Crippen molar-refractivity contribution in [1.29, 1.82) is 0 Å². The Labute approximate surface area is 142 Å². The summed E-state index contributed by atoms with van der Waals surface area (Å²) in [4.78, 5) is 15.8. The fourth-order valence-electron chi connectivity index (χ4n) is 5.06. The van der Waals surface area contributed by atoms with Crippen molar-refractivity contribution in [2.24, 2.45) is 0 Å². The normalized spacial score (nSPS) is 19.7. The number of rotatable bonds is 1. The van der Waals surface area contributed by atoms with Crippen LogP contribution in [-0.2, 0) is 19.3 Å². The molecule has 3 heteroatoms. The highest BCUT2D eigenvalue weighted by Gasteiger charge is 2.30. The molecule has 3 nitrogen and oxygen atoms in total. The van der Waals surface area contributed by atoms with E-state index in [1.165, 1.54) is 47.1 Å². The Morgan fingerprint density at radius 1 is 0.917 bits per heavy atom. The molecule has 3 aliphatic rings. The smallest absolute Gasteiger partial charge is 0.251 e. The summed E-state index contributed by atoms with van der Waals surface area (Å²) in [5, 5.41) is 3.47. The number of benzene rings is 1. The molecule has 5 rings (SSSR count). The lowest BCUT2D eigenvalue weighted by atomic mass is 9.85. The van der Waals surface area contributed by atoms with Crippen LogP contribution in [0.3, 0.4) is 0 Å². The van der Waals surface area contributed by atoms with Crippen LogP contribution in [0, 0.1) is 0 Å². The van der Waals surface area contributed by atoms with E-state index in [2.05, 4.69) is 28.5 Å². The first-order valence-electron chi connectivity index (χ1n) is 9.42. The lowest BCUT2D eigenvalue weighted by Gasteiger charge is -2.25. The molecule has 0 spiro atoms. The van der Waals surface area contributed by atoms with Gasteiger partial charge in [0.05, 0.1) is 5.69 Å². The minimum absolute atomic E-state index is 0.156. The number of pyridine rings is 1. The van der Waals surface area contributed by atoms with E-state index in [0.717, 1.165) is 50.0 Å². The third-order valence-corrected chi connectivity index (χ3v) is 6.26. The standard InChI is InChI=1S/C21H24N2O/c24-21-17-5-2-1-4-15(17)19-12-18-14(13-8-10-22-11-9-13)6-3-7-16(18)20(19)23-21/h3,6-7,13,22H,1-2,4-5,8-12H2,(H,23,24). The number of fused-ring (bicyclic) bond motifs is 5. The molecule has 1 aliphatic heterocycles. The molecule has 24 heavy (non-hydrogen) atoms. The van der Waals surface area contributed by atoms with Crippen LogP contribution in [-0.4, -0.2) is 18.1 Å². The van der Waals surface area contributed by atoms with Gasteiger partial charge in [0, 0.05) is 17.5 Å². The maximum atomic E-state index is 12.6.